The number of cyclic esters (lactones) is 1. The van der Waals surface area contributed by atoms with Crippen molar-refractivity contribution in [3.63, 3.8) is 0 Å². The molecule has 43 heavy (non-hydrogen) atoms. The van der Waals surface area contributed by atoms with Crippen LogP contribution in [0.4, 0.5) is 0 Å². The minimum atomic E-state index is -1.58. The van der Waals surface area contributed by atoms with Crippen LogP contribution in [-0.4, -0.2) is 68.5 Å². The molecule has 2 aliphatic heterocycles. The Hall–Kier alpha value is -1.32. The van der Waals surface area contributed by atoms with Crippen LogP contribution in [-0.2, 0) is 19.1 Å². The second-order valence-corrected chi connectivity index (χ2v) is 13.3. The number of rotatable bonds is 26. The van der Waals surface area contributed by atoms with Gasteiger partial charge in [-0.3, -0.25) is 4.79 Å². The van der Waals surface area contributed by atoms with Gasteiger partial charge in [0.1, 0.15) is 5.78 Å². The lowest BCUT2D eigenvalue weighted by Gasteiger charge is -2.22. The summed E-state index contributed by atoms with van der Waals surface area (Å²) in [7, 11) is 0. The van der Waals surface area contributed by atoms with E-state index in [2.05, 4.69) is 6.92 Å². The van der Waals surface area contributed by atoms with Gasteiger partial charge >= 0.3 is 5.97 Å². The molecular weight excluding hydrogens is 548 g/mol. The average molecular weight is 611 g/mol. The van der Waals surface area contributed by atoms with Crippen molar-refractivity contribution in [3.05, 3.63) is 11.6 Å². The fourth-order valence-electron chi connectivity index (χ4n) is 6.31. The SMILES string of the molecule is CCCCCCCCCC[C@H](O)[C@@H]1CC[C@@H]([C@@H](O)CCCCCCC(=O)CCCCC[C@@H](O)CC2=CC(C)(O)OC2=O)O1. The number of aliphatic hydroxyl groups is 4. The van der Waals surface area contributed by atoms with E-state index in [0.717, 1.165) is 70.6 Å². The Balaban J connectivity index is 1.40. The standard InChI is InChI=1S/C35H62O8/c1-3-4-5-6-7-8-9-16-21-30(38)32-23-24-33(42-32)31(39)22-17-11-10-13-18-28(36)19-14-12-15-20-29(37)25-27-26-35(2,41)43-34(27)40/h26,29-33,37-39,41H,3-25H2,1-2H3/t29-,30+,31+,32+,33+,35?/m1/s1. The van der Waals surface area contributed by atoms with E-state index >= 15 is 0 Å². The first kappa shape index (κ1) is 37.9. The summed E-state index contributed by atoms with van der Waals surface area (Å²) in [5.74, 6) is -1.89. The third kappa shape index (κ3) is 16.5. The Morgan fingerprint density at radius 1 is 0.791 bits per heavy atom. The first-order valence-electron chi connectivity index (χ1n) is 17.5. The summed E-state index contributed by atoms with van der Waals surface area (Å²) in [4.78, 5) is 23.9. The third-order valence-corrected chi connectivity index (χ3v) is 8.95. The summed E-state index contributed by atoms with van der Waals surface area (Å²) in [6, 6.07) is 0. The van der Waals surface area contributed by atoms with Gasteiger partial charge in [-0.05, 0) is 51.0 Å². The Labute approximate surface area is 260 Å². The monoisotopic (exact) mass is 610 g/mol. The molecule has 1 fully saturated rings. The molecule has 6 atom stereocenters. The smallest absolute Gasteiger partial charge is 0.336 e. The number of hydrogen-bond donors (Lipinski definition) is 4. The molecular formula is C35H62O8. The maximum atomic E-state index is 12.2. The number of ether oxygens (including phenoxy) is 2. The number of Topliss-reactive ketones (excluding diaryl/α,β-unsaturated/α-hetero) is 1. The molecule has 1 saturated heterocycles. The fraction of sp³-hybridized carbons (Fsp3) is 0.886. The van der Waals surface area contributed by atoms with E-state index in [0.29, 0.717) is 31.3 Å². The zero-order valence-electron chi connectivity index (χ0n) is 27.1. The molecule has 2 rings (SSSR count). The van der Waals surface area contributed by atoms with Gasteiger partial charge in [-0.15, -0.1) is 0 Å². The minimum Gasteiger partial charge on any atom is -0.426 e. The lowest BCUT2D eigenvalue weighted by atomic mass is 9.99. The molecule has 0 aromatic rings. The lowest BCUT2D eigenvalue weighted by molar-refractivity contribution is -0.173. The number of unbranched alkanes of at least 4 members (excludes halogenated alkanes) is 12. The first-order chi connectivity index (χ1) is 20.6. The fourth-order valence-corrected chi connectivity index (χ4v) is 6.31. The quantitative estimate of drug-likeness (QED) is 0.0637. The number of esters is 1. The van der Waals surface area contributed by atoms with E-state index < -0.39 is 30.1 Å². The number of carbonyl (C=O) groups is 2. The van der Waals surface area contributed by atoms with Crippen molar-refractivity contribution in [1.29, 1.82) is 0 Å². The molecule has 0 aromatic heterocycles. The molecule has 0 amide bonds. The van der Waals surface area contributed by atoms with Crippen LogP contribution in [0.15, 0.2) is 11.6 Å². The zero-order chi connectivity index (χ0) is 31.5. The van der Waals surface area contributed by atoms with Crippen molar-refractivity contribution in [2.45, 2.75) is 198 Å². The Morgan fingerprint density at radius 2 is 1.26 bits per heavy atom. The molecule has 0 aromatic carbocycles. The second kappa shape index (κ2) is 21.4. The summed E-state index contributed by atoms with van der Waals surface area (Å²) < 4.78 is 10.8. The van der Waals surface area contributed by atoms with Gasteiger partial charge in [0, 0.05) is 31.8 Å². The molecule has 8 nitrogen and oxygen atoms in total. The minimum absolute atomic E-state index is 0.144. The Kier molecular flexibility index (Phi) is 18.9. The van der Waals surface area contributed by atoms with Crippen LogP contribution in [0, 0.1) is 0 Å². The van der Waals surface area contributed by atoms with E-state index in [9.17, 15) is 30.0 Å². The van der Waals surface area contributed by atoms with Crippen molar-refractivity contribution >= 4 is 11.8 Å². The van der Waals surface area contributed by atoms with Gasteiger partial charge in [0.15, 0.2) is 0 Å². The lowest BCUT2D eigenvalue weighted by Crippen LogP contribution is -2.31. The predicted molar refractivity (Wildman–Crippen MR) is 168 cm³/mol. The maximum Gasteiger partial charge on any atom is 0.336 e. The molecule has 2 aliphatic rings. The largest absolute Gasteiger partial charge is 0.426 e. The van der Waals surface area contributed by atoms with E-state index in [1.807, 2.05) is 0 Å². The van der Waals surface area contributed by atoms with Gasteiger partial charge in [-0.2, -0.15) is 0 Å². The topological polar surface area (TPSA) is 134 Å². The van der Waals surface area contributed by atoms with Gasteiger partial charge in [-0.25, -0.2) is 4.79 Å². The molecule has 0 saturated carbocycles. The predicted octanol–water partition coefficient (Wildman–Crippen LogP) is 6.59. The highest BCUT2D eigenvalue weighted by molar-refractivity contribution is 5.91. The normalized spacial score (nSPS) is 24.1. The number of carbonyl (C=O) groups excluding carboxylic acids is 2. The van der Waals surface area contributed by atoms with Crippen LogP contribution < -0.4 is 0 Å². The molecule has 4 N–H and O–H groups in total. The van der Waals surface area contributed by atoms with Crippen molar-refractivity contribution in [3.8, 4) is 0 Å². The molecule has 250 valence electrons. The summed E-state index contributed by atoms with van der Waals surface area (Å²) in [6.07, 6.45) is 20.6. The van der Waals surface area contributed by atoms with Crippen LogP contribution in [0.1, 0.15) is 162 Å². The van der Waals surface area contributed by atoms with Crippen LogP contribution in [0.2, 0.25) is 0 Å². The Morgan fingerprint density at radius 3 is 1.77 bits per heavy atom. The number of aliphatic hydroxyl groups excluding tert-OH is 3. The number of hydrogen-bond acceptors (Lipinski definition) is 8. The highest BCUT2D eigenvalue weighted by atomic mass is 16.7. The van der Waals surface area contributed by atoms with Gasteiger partial charge in [0.2, 0.25) is 5.79 Å². The average Bonchev–Trinajstić information content (AvgIpc) is 3.55. The molecule has 0 aliphatic carbocycles. The molecule has 0 bridgehead atoms. The van der Waals surface area contributed by atoms with E-state index in [1.54, 1.807) is 0 Å². The molecule has 8 heteroatoms. The summed E-state index contributed by atoms with van der Waals surface area (Å²) in [5, 5.41) is 41.0. The highest BCUT2D eigenvalue weighted by Crippen LogP contribution is 2.29. The summed E-state index contributed by atoms with van der Waals surface area (Å²) in [5.41, 5.74) is 0.308. The van der Waals surface area contributed by atoms with Gasteiger partial charge in [-0.1, -0.05) is 90.4 Å². The second-order valence-electron chi connectivity index (χ2n) is 13.3. The van der Waals surface area contributed by atoms with Crippen molar-refractivity contribution in [1.82, 2.24) is 0 Å². The molecule has 0 spiro atoms. The molecule has 1 unspecified atom stereocenters. The van der Waals surface area contributed by atoms with Gasteiger partial charge in [0.25, 0.3) is 0 Å². The summed E-state index contributed by atoms with van der Waals surface area (Å²) >= 11 is 0. The van der Waals surface area contributed by atoms with E-state index in [-0.39, 0.29) is 24.4 Å². The van der Waals surface area contributed by atoms with Crippen LogP contribution in [0.3, 0.4) is 0 Å². The van der Waals surface area contributed by atoms with Gasteiger partial charge in [0.05, 0.1) is 30.5 Å². The van der Waals surface area contributed by atoms with E-state index in [1.165, 1.54) is 57.9 Å². The van der Waals surface area contributed by atoms with Crippen molar-refractivity contribution in [2.75, 3.05) is 0 Å². The van der Waals surface area contributed by atoms with Crippen LogP contribution >= 0.6 is 0 Å². The van der Waals surface area contributed by atoms with Crippen molar-refractivity contribution in [2.24, 2.45) is 0 Å². The van der Waals surface area contributed by atoms with Crippen molar-refractivity contribution < 1.29 is 39.5 Å². The third-order valence-electron chi connectivity index (χ3n) is 8.95. The number of ketones is 1. The molecule has 0 radical (unpaired) electrons. The maximum absolute atomic E-state index is 12.2. The summed E-state index contributed by atoms with van der Waals surface area (Å²) in [6.45, 7) is 3.62. The van der Waals surface area contributed by atoms with Crippen LogP contribution in [0.5, 0.6) is 0 Å². The Bertz CT molecular complexity index is 810. The van der Waals surface area contributed by atoms with Crippen LogP contribution in [0.25, 0.3) is 0 Å². The van der Waals surface area contributed by atoms with Gasteiger partial charge < -0.3 is 29.9 Å². The van der Waals surface area contributed by atoms with E-state index in [4.69, 9.17) is 9.47 Å². The first-order valence-corrected chi connectivity index (χ1v) is 17.5. The highest BCUT2D eigenvalue weighted by Gasteiger charge is 2.35. The molecule has 2 heterocycles. The zero-order valence-corrected chi connectivity index (χ0v) is 27.1.